The van der Waals surface area contributed by atoms with E-state index in [-0.39, 0.29) is 23.5 Å². The van der Waals surface area contributed by atoms with Crippen molar-refractivity contribution in [3.8, 4) is 0 Å². The second-order valence-corrected chi connectivity index (χ2v) is 7.68. The smallest absolute Gasteiger partial charge is 0.399 e. The first-order chi connectivity index (χ1) is 10.2. The number of hydrogen-bond donors (Lipinski definition) is 1. The van der Waals surface area contributed by atoms with Crippen molar-refractivity contribution in [2.45, 2.75) is 45.3 Å². The quantitative estimate of drug-likeness (QED) is 0.873. The Morgan fingerprint density at radius 2 is 1.91 bits per heavy atom. The van der Waals surface area contributed by atoms with Crippen molar-refractivity contribution in [1.82, 2.24) is 4.98 Å². The van der Waals surface area contributed by atoms with E-state index in [1.54, 1.807) is 0 Å². The molecule has 0 spiro atoms. The first-order valence-electron chi connectivity index (χ1n) is 7.21. The van der Waals surface area contributed by atoms with Gasteiger partial charge in [0.05, 0.1) is 27.8 Å². The lowest BCUT2D eigenvalue weighted by molar-refractivity contribution is -0.117. The average molecular weight is 318 g/mol. The van der Waals surface area contributed by atoms with Gasteiger partial charge in [-0.15, -0.1) is 11.3 Å². The highest BCUT2D eigenvalue weighted by molar-refractivity contribution is 7.18. The monoisotopic (exact) mass is 318 g/mol. The maximum Gasteiger partial charge on any atom is 0.494 e. The Hall–Kier alpha value is -1.44. The maximum absolute atomic E-state index is 11.0. The van der Waals surface area contributed by atoms with Crippen molar-refractivity contribution in [3.05, 3.63) is 23.2 Å². The van der Waals surface area contributed by atoms with E-state index in [2.05, 4.69) is 4.98 Å². The molecule has 0 aliphatic carbocycles. The fourth-order valence-corrected chi connectivity index (χ4v) is 3.30. The summed E-state index contributed by atoms with van der Waals surface area (Å²) in [6.07, 6.45) is 0.172. The van der Waals surface area contributed by atoms with Crippen LogP contribution in [0, 0.1) is 0 Å². The number of primary amides is 1. The van der Waals surface area contributed by atoms with Crippen molar-refractivity contribution < 1.29 is 14.1 Å². The van der Waals surface area contributed by atoms with E-state index in [1.807, 2.05) is 45.9 Å². The predicted molar refractivity (Wildman–Crippen MR) is 88.2 cm³/mol. The number of amides is 1. The second-order valence-electron chi connectivity index (χ2n) is 6.57. The molecule has 0 radical (unpaired) electrons. The Labute approximate surface area is 134 Å². The van der Waals surface area contributed by atoms with E-state index in [9.17, 15) is 4.79 Å². The largest absolute Gasteiger partial charge is 0.494 e. The Morgan fingerprint density at radius 3 is 2.50 bits per heavy atom. The summed E-state index contributed by atoms with van der Waals surface area (Å²) in [6.45, 7) is 8.11. The highest BCUT2D eigenvalue weighted by Gasteiger charge is 2.51. The zero-order chi connectivity index (χ0) is 16.1. The summed E-state index contributed by atoms with van der Waals surface area (Å²) in [7, 11) is -0.407. The van der Waals surface area contributed by atoms with E-state index < -0.39 is 7.12 Å². The minimum absolute atomic E-state index is 0.172. The van der Waals surface area contributed by atoms with Crippen LogP contribution >= 0.6 is 11.3 Å². The molecule has 2 N–H and O–H groups in total. The molecule has 0 saturated carbocycles. The molecule has 1 fully saturated rings. The van der Waals surface area contributed by atoms with Crippen molar-refractivity contribution >= 4 is 40.0 Å². The fourth-order valence-electron chi connectivity index (χ4n) is 2.34. The number of hydrogen-bond acceptors (Lipinski definition) is 5. The van der Waals surface area contributed by atoms with Gasteiger partial charge in [0, 0.05) is 0 Å². The molecule has 7 heteroatoms. The molecule has 1 amide bonds. The van der Waals surface area contributed by atoms with Gasteiger partial charge in [-0.05, 0) is 45.3 Å². The molecule has 22 heavy (non-hydrogen) atoms. The third-order valence-electron chi connectivity index (χ3n) is 4.31. The van der Waals surface area contributed by atoms with E-state index in [4.69, 9.17) is 15.0 Å². The van der Waals surface area contributed by atoms with Crippen LogP contribution in [0.2, 0.25) is 0 Å². The summed E-state index contributed by atoms with van der Waals surface area (Å²) in [5, 5.41) is 0.730. The van der Waals surface area contributed by atoms with Gasteiger partial charge in [0.25, 0.3) is 0 Å². The number of nitrogens with two attached hydrogens (primary N) is 1. The van der Waals surface area contributed by atoms with Crippen LogP contribution in [-0.4, -0.2) is 29.2 Å². The second kappa shape index (κ2) is 5.04. The molecule has 5 nitrogen and oxygen atoms in total. The maximum atomic E-state index is 11.0. The number of thiazole rings is 1. The summed E-state index contributed by atoms with van der Waals surface area (Å²) in [5.41, 5.74) is 6.26. The van der Waals surface area contributed by atoms with E-state index >= 15 is 0 Å². The van der Waals surface area contributed by atoms with Crippen LogP contribution in [0.1, 0.15) is 32.7 Å². The van der Waals surface area contributed by atoms with Gasteiger partial charge in [0.1, 0.15) is 5.01 Å². The third-order valence-corrected chi connectivity index (χ3v) is 5.34. The minimum atomic E-state index is -0.407. The molecule has 3 rings (SSSR count). The SMILES string of the molecule is CC1(C)OB(c2ccc3sc(CC(N)=O)nc3c2)OC1(C)C. The van der Waals surface area contributed by atoms with Gasteiger partial charge in [-0.25, -0.2) is 4.98 Å². The molecule has 1 aliphatic heterocycles. The lowest BCUT2D eigenvalue weighted by Gasteiger charge is -2.32. The number of fused-ring (bicyclic) bond motifs is 1. The minimum Gasteiger partial charge on any atom is -0.399 e. The Balaban J connectivity index is 1.91. The van der Waals surface area contributed by atoms with Crippen molar-refractivity contribution in [2.75, 3.05) is 0 Å². The molecule has 116 valence electrons. The Bertz CT molecular complexity index is 725. The first kappa shape index (κ1) is 15.5. The molecule has 0 unspecified atom stereocenters. The third kappa shape index (κ3) is 2.64. The molecule has 0 atom stereocenters. The number of nitrogens with zero attached hydrogens (tertiary/aromatic N) is 1. The normalized spacial score (nSPS) is 19.7. The van der Waals surface area contributed by atoms with E-state index in [0.29, 0.717) is 0 Å². The highest BCUT2D eigenvalue weighted by Crippen LogP contribution is 2.36. The van der Waals surface area contributed by atoms with Gasteiger partial charge in [0.2, 0.25) is 5.91 Å². The lowest BCUT2D eigenvalue weighted by Crippen LogP contribution is -2.41. The predicted octanol–water partition coefficient (Wildman–Crippen LogP) is 1.62. The molecule has 1 aromatic carbocycles. The molecule has 1 aliphatic rings. The molecular formula is C15H19BN2O3S. The number of benzene rings is 1. The summed E-state index contributed by atoms with van der Waals surface area (Å²) < 4.78 is 13.1. The molecule has 1 aromatic heterocycles. The average Bonchev–Trinajstić information content (AvgIpc) is 2.85. The number of carbonyl (C=O) groups excluding carboxylic acids is 1. The Morgan fingerprint density at radius 1 is 1.27 bits per heavy atom. The van der Waals surface area contributed by atoms with Crippen LogP contribution in [0.4, 0.5) is 0 Å². The highest BCUT2D eigenvalue weighted by atomic mass is 32.1. The van der Waals surface area contributed by atoms with Gasteiger partial charge in [-0.1, -0.05) is 6.07 Å². The van der Waals surface area contributed by atoms with Crippen LogP contribution in [0.15, 0.2) is 18.2 Å². The zero-order valence-corrected chi connectivity index (χ0v) is 14.0. The molecule has 2 aromatic rings. The summed E-state index contributed by atoms with van der Waals surface area (Å²) in [5.74, 6) is -0.370. The number of rotatable bonds is 3. The van der Waals surface area contributed by atoms with Gasteiger partial charge in [-0.3, -0.25) is 4.79 Å². The summed E-state index contributed by atoms with van der Waals surface area (Å²) >= 11 is 1.48. The van der Waals surface area contributed by atoms with Crippen LogP contribution in [0.3, 0.4) is 0 Å². The lowest BCUT2D eigenvalue weighted by atomic mass is 9.79. The zero-order valence-electron chi connectivity index (χ0n) is 13.2. The van der Waals surface area contributed by atoms with Gasteiger partial charge >= 0.3 is 7.12 Å². The van der Waals surface area contributed by atoms with Gasteiger partial charge in [0.15, 0.2) is 0 Å². The summed E-state index contributed by atoms with van der Waals surface area (Å²) in [4.78, 5) is 15.5. The van der Waals surface area contributed by atoms with Gasteiger partial charge < -0.3 is 15.0 Å². The number of aromatic nitrogens is 1. The topological polar surface area (TPSA) is 74.4 Å². The van der Waals surface area contributed by atoms with Crippen molar-refractivity contribution in [2.24, 2.45) is 5.73 Å². The van der Waals surface area contributed by atoms with Gasteiger partial charge in [-0.2, -0.15) is 0 Å². The van der Waals surface area contributed by atoms with Crippen LogP contribution in [-0.2, 0) is 20.5 Å². The fraction of sp³-hybridized carbons (Fsp3) is 0.467. The van der Waals surface area contributed by atoms with E-state index in [1.165, 1.54) is 11.3 Å². The molecule has 1 saturated heterocycles. The number of carbonyl (C=O) groups is 1. The van der Waals surface area contributed by atoms with Crippen LogP contribution in [0.25, 0.3) is 10.2 Å². The standard InChI is InChI=1S/C15H19BN2O3S/c1-14(2)15(3,4)21-16(20-14)9-5-6-11-10(7-9)18-13(22-11)8-12(17)19/h5-7H,8H2,1-4H3,(H2,17,19). The van der Waals surface area contributed by atoms with Crippen molar-refractivity contribution in [1.29, 1.82) is 0 Å². The van der Waals surface area contributed by atoms with Crippen molar-refractivity contribution in [3.63, 3.8) is 0 Å². The Kier molecular flexibility index (Phi) is 3.54. The van der Waals surface area contributed by atoms with Crippen LogP contribution in [0.5, 0.6) is 0 Å². The summed E-state index contributed by atoms with van der Waals surface area (Å²) in [6, 6.07) is 5.92. The molecule has 0 bridgehead atoms. The van der Waals surface area contributed by atoms with E-state index in [0.717, 1.165) is 20.7 Å². The molecule has 2 heterocycles. The first-order valence-corrected chi connectivity index (χ1v) is 8.03. The molecular weight excluding hydrogens is 299 g/mol. The van der Waals surface area contributed by atoms with Crippen LogP contribution < -0.4 is 11.2 Å².